The third-order valence-electron chi connectivity index (χ3n) is 3.55. The van der Waals surface area contributed by atoms with Crippen molar-refractivity contribution in [3.05, 3.63) is 81.0 Å². The van der Waals surface area contributed by atoms with E-state index in [1.807, 2.05) is 18.2 Å². The van der Waals surface area contributed by atoms with Crippen LogP contribution < -0.4 is 10.6 Å². The topological polar surface area (TPSA) is 97.4 Å². The maximum Gasteiger partial charge on any atom is 0.293 e. The summed E-state index contributed by atoms with van der Waals surface area (Å²) in [7, 11) is 0. The van der Waals surface area contributed by atoms with Gasteiger partial charge in [0.25, 0.3) is 11.6 Å². The molecule has 0 fully saturated rings. The molecule has 0 aliphatic heterocycles. The van der Waals surface area contributed by atoms with E-state index in [-0.39, 0.29) is 27.9 Å². The highest BCUT2D eigenvalue weighted by molar-refractivity contribution is 9.10. The lowest BCUT2D eigenvalue weighted by molar-refractivity contribution is -0.384. The normalized spacial score (nSPS) is 10.3. The first-order chi connectivity index (χ1) is 13.0. The molecule has 0 saturated carbocycles. The third kappa shape index (κ3) is 4.39. The molecule has 136 valence electrons. The SMILES string of the molecule is O=C(NC(=S)Nc1ccccc1Br)c1ccc(-c2ccccc2[N+](=O)[O-])o1. The molecule has 1 amide bonds. The first-order valence-corrected chi connectivity index (χ1v) is 8.86. The number of thiocarbonyl (C=S) groups is 1. The van der Waals surface area contributed by atoms with Gasteiger partial charge in [-0.15, -0.1) is 0 Å². The number of nitro benzene ring substituents is 1. The third-order valence-corrected chi connectivity index (χ3v) is 4.44. The Kier molecular flexibility index (Phi) is 5.63. The molecule has 2 N–H and O–H groups in total. The van der Waals surface area contributed by atoms with E-state index in [9.17, 15) is 14.9 Å². The van der Waals surface area contributed by atoms with Crippen molar-refractivity contribution < 1.29 is 14.1 Å². The van der Waals surface area contributed by atoms with Crippen molar-refractivity contribution in [2.45, 2.75) is 0 Å². The van der Waals surface area contributed by atoms with Gasteiger partial charge in [-0.2, -0.15) is 0 Å². The molecule has 0 radical (unpaired) electrons. The van der Waals surface area contributed by atoms with Crippen molar-refractivity contribution in [2.75, 3.05) is 5.32 Å². The molecule has 0 saturated heterocycles. The van der Waals surface area contributed by atoms with Crippen LogP contribution in [0.3, 0.4) is 0 Å². The Balaban J connectivity index is 1.73. The van der Waals surface area contributed by atoms with Crippen LogP contribution in [0.2, 0.25) is 0 Å². The Hall–Kier alpha value is -3.04. The van der Waals surface area contributed by atoms with Gasteiger partial charge in [0, 0.05) is 10.5 Å². The highest BCUT2D eigenvalue weighted by atomic mass is 79.9. The number of benzene rings is 2. The van der Waals surface area contributed by atoms with Crippen molar-refractivity contribution >= 4 is 50.5 Å². The minimum atomic E-state index is -0.565. The second-order valence-corrected chi connectivity index (χ2v) is 6.59. The van der Waals surface area contributed by atoms with Crippen LogP contribution >= 0.6 is 28.1 Å². The Morgan fingerprint density at radius 1 is 1.07 bits per heavy atom. The second kappa shape index (κ2) is 8.11. The number of hydrogen-bond acceptors (Lipinski definition) is 5. The lowest BCUT2D eigenvalue weighted by Gasteiger charge is -2.09. The number of halogens is 1. The molecule has 0 aliphatic rings. The number of hydrogen-bond donors (Lipinski definition) is 2. The fraction of sp³-hybridized carbons (Fsp3) is 0. The maximum atomic E-state index is 12.3. The second-order valence-electron chi connectivity index (χ2n) is 5.33. The number of nitro groups is 1. The standard InChI is InChI=1S/C18H12BrN3O4S/c19-12-6-2-3-7-13(12)20-18(27)21-17(23)16-10-9-15(26-16)11-5-1-4-8-14(11)22(24)25/h1-10H,(H2,20,21,23,27). The molecule has 9 heteroatoms. The average molecular weight is 446 g/mol. The zero-order valence-electron chi connectivity index (χ0n) is 13.6. The molecule has 3 rings (SSSR count). The van der Waals surface area contributed by atoms with Crippen LogP contribution in [0.4, 0.5) is 11.4 Å². The van der Waals surface area contributed by atoms with Gasteiger partial charge in [0.05, 0.1) is 16.2 Å². The van der Waals surface area contributed by atoms with Crippen LogP contribution in [0.5, 0.6) is 0 Å². The number of rotatable bonds is 4. The van der Waals surface area contributed by atoms with E-state index in [1.54, 1.807) is 24.3 Å². The van der Waals surface area contributed by atoms with Crippen LogP contribution in [0, 0.1) is 10.1 Å². The van der Waals surface area contributed by atoms with Gasteiger partial charge < -0.3 is 9.73 Å². The zero-order chi connectivity index (χ0) is 19.4. The minimum Gasteiger partial charge on any atom is -0.451 e. The van der Waals surface area contributed by atoms with Crippen molar-refractivity contribution in [1.29, 1.82) is 0 Å². The molecular formula is C18H12BrN3O4S. The van der Waals surface area contributed by atoms with Crippen molar-refractivity contribution in [2.24, 2.45) is 0 Å². The van der Waals surface area contributed by atoms with Crippen LogP contribution in [-0.2, 0) is 0 Å². The molecule has 3 aromatic rings. The van der Waals surface area contributed by atoms with Gasteiger partial charge in [-0.1, -0.05) is 24.3 Å². The number of anilines is 1. The number of carbonyl (C=O) groups is 1. The maximum absolute atomic E-state index is 12.3. The largest absolute Gasteiger partial charge is 0.451 e. The highest BCUT2D eigenvalue weighted by Crippen LogP contribution is 2.30. The monoisotopic (exact) mass is 445 g/mol. The van der Waals surface area contributed by atoms with Gasteiger partial charge in [-0.25, -0.2) is 0 Å². The number of furan rings is 1. The smallest absolute Gasteiger partial charge is 0.293 e. The lowest BCUT2D eigenvalue weighted by Crippen LogP contribution is -2.33. The number of para-hydroxylation sites is 2. The molecule has 0 aliphatic carbocycles. The molecule has 0 unspecified atom stereocenters. The molecule has 0 bridgehead atoms. The predicted octanol–water partition coefficient (Wildman–Crippen LogP) is 4.74. The van der Waals surface area contributed by atoms with Gasteiger partial charge in [0.1, 0.15) is 5.76 Å². The summed E-state index contributed by atoms with van der Waals surface area (Å²) in [4.78, 5) is 22.9. The van der Waals surface area contributed by atoms with Gasteiger partial charge in [-0.3, -0.25) is 20.2 Å². The van der Waals surface area contributed by atoms with E-state index >= 15 is 0 Å². The van der Waals surface area contributed by atoms with Crippen LogP contribution in [-0.4, -0.2) is 15.9 Å². The first-order valence-electron chi connectivity index (χ1n) is 7.66. The summed E-state index contributed by atoms with van der Waals surface area (Å²) in [6.45, 7) is 0. The Labute approximate surface area is 167 Å². The van der Waals surface area contributed by atoms with Crippen molar-refractivity contribution in [3.63, 3.8) is 0 Å². The summed E-state index contributed by atoms with van der Waals surface area (Å²) in [5.41, 5.74) is 0.878. The summed E-state index contributed by atoms with van der Waals surface area (Å²) in [5.74, 6) is -0.360. The van der Waals surface area contributed by atoms with Gasteiger partial charge in [0.2, 0.25) is 0 Å². The van der Waals surface area contributed by atoms with E-state index in [2.05, 4.69) is 26.6 Å². The van der Waals surface area contributed by atoms with E-state index in [4.69, 9.17) is 16.6 Å². The van der Waals surface area contributed by atoms with Crippen molar-refractivity contribution in [3.8, 4) is 11.3 Å². The molecule has 7 nitrogen and oxygen atoms in total. The van der Waals surface area contributed by atoms with Crippen LogP contribution in [0.25, 0.3) is 11.3 Å². The van der Waals surface area contributed by atoms with Gasteiger partial charge in [0.15, 0.2) is 10.9 Å². The van der Waals surface area contributed by atoms with E-state index < -0.39 is 10.8 Å². The number of carbonyl (C=O) groups excluding carboxylic acids is 1. The average Bonchev–Trinajstić information content (AvgIpc) is 3.14. The predicted molar refractivity (Wildman–Crippen MR) is 109 cm³/mol. The fourth-order valence-corrected chi connectivity index (χ4v) is 2.91. The Morgan fingerprint density at radius 2 is 1.78 bits per heavy atom. The van der Waals surface area contributed by atoms with E-state index in [0.717, 1.165) is 4.47 Å². The lowest BCUT2D eigenvalue weighted by atomic mass is 10.1. The van der Waals surface area contributed by atoms with Crippen LogP contribution in [0.1, 0.15) is 10.6 Å². The van der Waals surface area contributed by atoms with E-state index in [1.165, 1.54) is 18.2 Å². The van der Waals surface area contributed by atoms with Crippen molar-refractivity contribution in [1.82, 2.24) is 5.32 Å². The molecular weight excluding hydrogens is 434 g/mol. The molecule has 1 aromatic heterocycles. The van der Waals surface area contributed by atoms with E-state index in [0.29, 0.717) is 5.69 Å². The summed E-state index contributed by atoms with van der Waals surface area (Å²) in [6.07, 6.45) is 0. The molecule has 2 aromatic carbocycles. The molecule has 0 atom stereocenters. The summed E-state index contributed by atoms with van der Waals surface area (Å²) < 4.78 is 6.27. The Bertz CT molecular complexity index is 1030. The number of amides is 1. The quantitative estimate of drug-likeness (QED) is 0.341. The minimum absolute atomic E-state index is 0.0144. The summed E-state index contributed by atoms with van der Waals surface area (Å²) >= 11 is 8.51. The number of nitrogens with one attached hydrogen (secondary N) is 2. The molecule has 27 heavy (non-hydrogen) atoms. The van der Waals surface area contributed by atoms with Crippen LogP contribution in [0.15, 0.2) is 69.6 Å². The first kappa shape index (κ1) is 18.7. The van der Waals surface area contributed by atoms with Gasteiger partial charge >= 0.3 is 0 Å². The summed E-state index contributed by atoms with van der Waals surface area (Å²) in [5, 5.41) is 16.6. The van der Waals surface area contributed by atoms with Gasteiger partial charge in [-0.05, 0) is 58.5 Å². The molecule has 0 spiro atoms. The summed E-state index contributed by atoms with van der Waals surface area (Å²) in [6, 6.07) is 16.4. The molecule has 1 heterocycles. The zero-order valence-corrected chi connectivity index (χ0v) is 16.0. The fourth-order valence-electron chi connectivity index (χ4n) is 2.33. The number of nitrogens with zero attached hydrogens (tertiary/aromatic N) is 1. The Morgan fingerprint density at radius 3 is 2.52 bits per heavy atom. The highest BCUT2D eigenvalue weighted by Gasteiger charge is 2.19.